The first kappa shape index (κ1) is 10.6. The fraction of sp³-hybridized carbons (Fsp3) is 0.167. The van der Waals surface area contributed by atoms with Crippen LogP contribution in [-0.4, -0.2) is 26.7 Å². The Morgan fingerprint density at radius 1 is 1.38 bits per heavy atom. The standard InChI is InChI=1S/C12H13N3O/c1-10(9-16)7-11-8-13-15(14-11)12-5-3-2-4-6-12/h2-8,16H,9H2,1H3. The topological polar surface area (TPSA) is 50.9 Å². The second kappa shape index (κ2) is 4.72. The molecule has 0 aliphatic rings. The van der Waals surface area contributed by atoms with E-state index >= 15 is 0 Å². The van der Waals surface area contributed by atoms with Crippen molar-refractivity contribution in [3.05, 3.63) is 47.8 Å². The number of hydrogen-bond acceptors (Lipinski definition) is 3. The van der Waals surface area contributed by atoms with Crippen LogP contribution in [0.5, 0.6) is 0 Å². The zero-order valence-electron chi connectivity index (χ0n) is 9.04. The maximum Gasteiger partial charge on any atom is 0.106 e. The zero-order chi connectivity index (χ0) is 11.4. The number of aromatic nitrogens is 3. The number of para-hydroxylation sites is 1. The van der Waals surface area contributed by atoms with Gasteiger partial charge in [-0.25, -0.2) is 0 Å². The smallest absolute Gasteiger partial charge is 0.106 e. The number of nitrogens with zero attached hydrogens (tertiary/aromatic N) is 3. The van der Waals surface area contributed by atoms with Crippen molar-refractivity contribution in [2.75, 3.05) is 6.61 Å². The Morgan fingerprint density at radius 2 is 2.12 bits per heavy atom. The van der Waals surface area contributed by atoms with Crippen LogP contribution in [0.4, 0.5) is 0 Å². The molecule has 82 valence electrons. The predicted octanol–water partition coefficient (Wildman–Crippen LogP) is 1.66. The van der Waals surface area contributed by atoms with E-state index in [9.17, 15) is 0 Å². The average molecular weight is 215 g/mol. The van der Waals surface area contributed by atoms with Gasteiger partial charge in [0.25, 0.3) is 0 Å². The van der Waals surface area contributed by atoms with E-state index in [2.05, 4.69) is 10.2 Å². The second-order valence-electron chi connectivity index (χ2n) is 3.54. The molecule has 16 heavy (non-hydrogen) atoms. The summed E-state index contributed by atoms with van der Waals surface area (Å²) in [7, 11) is 0. The SMILES string of the molecule is CC(=Cc1cnn(-c2ccccc2)n1)CO. The van der Waals surface area contributed by atoms with Crippen molar-refractivity contribution in [2.45, 2.75) is 6.92 Å². The van der Waals surface area contributed by atoms with E-state index in [-0.39, 0.29) is 6.61 Å². The van der Waals surface area contributed by atoms with Gasteiger partial charge in [-0.15, -0.1) is 5.10 Å². The lowest BCUT2D eigenvalue weighted by Gasteiger charge is -1.96. The molecule has 0 bridgehead atoms. The van der Waals surface area contributed by atoms with Crippen molar-refractivity contribution >= 4 is 6.08 Å². The van der Waals surface area contributed by atoms with Gasteiger partial charge in [-0.1, -0.05) is 18.2 Å². The molecule has 0 amide bonds. The van der Waals surface area contributed by atoms with E-state index in [4.69, 9.17) is 5.11 Å². The summed E-state index contributed by atoms with van der Waals surface area (Å²) >= 11 is 0. The molecule has 0 aliphatic heterocycles. The summed E-state index contributed by atoms with van der Waals surface area (Å²) in [6, 6.07) is 9.70. The fourth-order valence-corrected chi connectivity index (χ4v) is 1.32. The molecular weight excluding hydrogens is 202 g/mol. The molecule has 0 unspecified atom stereocenters. The molecule has 0 fully saturated rings. The number of hydrogen-bond donors (Lipinski definition) is 1. The van der Waals surface area contributed by atoms with Gasteiger partial charge in [-0.3, -0.25) is 0 Å². The van der Waals surface area contributed by atoms with Crippen LogP contribution in [0.25, 0.3) is 11.8 Å². The van der Waals surface area contributed by atoms with Crippen molar-refractivity contribution in [3.8, 4) is 5.69 Å². The molecule has 1 aromatic heterocycles. The third kappa shape index (κ3) is 2.35. The Bertz CT molecular complexity index is 488. The average Bonchev–Trinajstić information content (AvgIpc) is 2.78. The van der Waals surface area contributed by atoms with Gasteiger partial charge in [0, 0.05) is 0 Å². The Balaban J connectivity index is 2.27. The molecular formula is C12H13N3O. The molecule has 1 aromatic carbocycles. The van der Waals surface area contributed by atoms with Crippen LogP contribution in [0, 0.1) is 0 Å². The summed E-state index contributed by atoms with van der Waals surface area (Å²) in [5.41, 5.74) is 2.53. The highest BCUT2D eigenvalue weighted by molar-refractivity contribution is 5.47. The first-order chi connectivity index (χ1) is 7.79. The second-order valence-corrected chi connectivity index (χ2v) is 3.54. The molecule has 4 nitrogen and oxygen atoms in total. The van der Waals surface area contributed by atoms with E-state index in [1.54, 1.807) is 11.0 Å². The van der Waals surface area contributed by atoms with Crippen molar-refractivity contribution < 1.29 is 5.11 Å². The third-order valence-electron chi connectivity index (χ3n) is 2.14. The quantitative estimate of drug-likeness (QED) is 0.847. The highest BCUT2D eigenvalue weighted by Crippen LogP contribution is 2.06. The van der Waals surface area contributed by atoms with Crippen molar-refractivity contribution in [1.82, 2.24) is 15.0 Å². The van der Waals surface area contributed by atoms with E-state index in [0.29, 0.717) is 0 Å². The van der Waals surface area contributed by atoms with E-state index < -0.39 is 0 Å². The highest BCUT2D eigenvalue weighted by Gasteiger charge is 2.00. The summed E-state index contributed by atoms with van der Waals surface area (Å²) in [5.74, 6) is 0. The summed E-state index contributed by atoms with van der Waals surface area (Å²) in [4.78, 5) is 1.57. The Labute approximate surface area is 93.8 Å². The number of benzene rings is 1. The highest BCUT2D eigenvalue weighted by atomic mass is 16.3. The van der Waals surface area contributed by atoms with Crippen LogP contribution in [0.15, 0.2) is 42.1 Å². The number of aliphatic hydroxyl groups excluding tert-OH is 1. The van der Waals surface area contributed by atoms with Crippen LogP contribution in [0.2, 0.25) is 0 Å². The summed E-state index contributed by atoms with van der Waals surface area (Å²) < 4.78 is 0. The Kier molecular flexibility index (Phi) is 3.12. The first-order valence-corrected chi connectivity index (χ1v) is 5.05. The monoisotopic (exact) mass is 215 g/mol. The van der Waals surface area contributed by atoms with Crippen LogP contribution in [-0.2, 0) is 0 Å². The Hall–Kier alpha value is -1.94. The molecule has 2 rings (SSSR count). The maximum atomic E-state index is 8.90. The Morgan fingerprint density at radius 3 is 2.81 bits per heavy atom. The van der Waals surface area contributed by atoms with Crippen molar-refractivity contribution in [1.29, 1.82) is 0 Å². The van der Waals surface area contributed by atoms with Gasteiger partial charge in [0.05, 0.1) is 18.5 Å². The van der Waals surface area contributed by atoms with Crippen LogP contribution in [0.3, 0.4) is 0 Å². The lowest BCUT2D eigenvalue weighted by Crippen LogP contribution is -1.97. The van der Waals surface area contributed by atoms with Gasteiger partial charge in [0.2, 0.25) is 0 Å². The van der Waals surface area contributed by atoms with Crippen molar-refractivity contribution in [3.63, 3.8) is 0 Å². The molecule has 0 radical (unpaired) electrons. The number of aliphatic hydroxyl groups is 1. The molecule has 2 aromatic rings. The van der Waals surface area contributed by atoms with Crippen LogP contribution < -0.4 is 0 Å². The fourth-order valence-electron chi connectivity index (χ4n) is 1.32. The molecule has 4 heteroatoms. The summed E-state index contributed by atoms with van der Waals surface area (Å²) in [5, 5.41) is 17.3. The largest absolute Gasteiger partial charge is 0.392 e. The van der Waals surface area contributed by atoms with Gasteiger partial charge in [-0.2, -0.15) is 9.90 Å². The molecule has 0 aliphatic carbocycles. The normalized spacial score (nSPS) is 11.8. The summed E-state index contributed by atoms with van der Waals surface area (Å²) in [6.45, 7) is 1.89. The van der Waals surface area contributed by atoms with Crippen LogP contribution >= 0.6 is 0 Å². The molecule has 0 saturated carbocycles. The third-order valence-corrected chi connectivity index (χ3v) is 2.14. The van der Waals surface area contributed by atoms with E-state index in [1.807, 2.05) is 43.3 Å². The minimum atomic E-state index is 0.0399. The predicted molar refractivity (Wildman–Crippen MR) is 62.1 cm³/mol. The zero-order valence-corrected chi connectivity index (χ0v) is 9.04. The van der Waals surface area contributed by atoms with Gasteiger partial charge < -0.3 is 5.11 Å². The van der Waals surface area contributed by atoms with Gasteiger partial charge in [0.1, 0.15) is 5.69 Å². The molecule has 0 saturated heterocycles. The van der Waals surface area contributed by atoms with Gasteiger partial charge >= 0.3 is 0 Å². The minimum absolute atomic E-state index is 0.0399. The molecule has 1 N–H and O–H groups in total. The molecule has 0 spiro atoms. The minimum Gasteiger partial charge on any atom is -0.392 e. The van der Waals surface area contributed by atoms with Gasteiger partial charge in [-0.05, 0) is 30.7 Å². The lowest BCUT2D eigenvalue weighted by molar-refractivity contribution is 0.332. The van der Waals surface area contributed by atoms with E-state index in [1.165, 1.54) is 0 Å². The maximum absolute atomic E-state index is 8.90. The molecule has 0 atom stereocenters. The lowest BCUT2D eigenvalue weighted by atomic mass is 10.3. The first-order valence-electron chi connectivity index (χ1n) is 5.05. The van der Waals surface area contributed by atoms with E-state index in [0.717, 1.165) is 17.0 Å². The van der Waals surface area contributed by atoms with Gasteiger partial charge in [0.15, 0.2) is 0 Å². The summed E-state index contributed by atoms with van der Waals surface area (Å²) in [6.07, 6.45) is 3.48. The van der Waals surface area contributed by atoms with Crippen LogP contribution in [0.1, 0.15) is 12.6 Å². The molecule has 1 heterocycles. The van der Waals surface area contributed by atoms with Crippen molar-refractivity contribution in [2.24, 2.45) is 0 Å². The number of rotatable bonds is 3.